The molecule has 4 aromatic rings. The normalized spacial score (nSPS) is 10.9. The van der Waals surface area contributed by atoms with E-state index in [1.54, 1.807) is 30.7 Å². The molecule has 0 aliphatic carbocycles. The van der Waals surface area contributed by atoms with E-state index >= 15 is 0 Å². The summed E-state index contributed by atoms with van der Waals surface area (Å²) in [5.74, 6) is 0.631. The van der Waals surface area contributed by atoms with E-state index in [0.29, 0.717) is 34.7 Å². The van der Waals surface area contributed by atoms with E-state index in [2.05, 4.69) is 27.2 Å². The van der Waals surface area contributed by atoms with Crippen molar-refractivity contribution in [3.8, 4) is 16.9 Å². The van der Waals surface area contributed by atoms with Crippen LogP contribution < -0.4 is 15.4 Å². The quantitative estimate of drug-likeness (QED) is 0.314. The summed E-state index contributed by atoms with van der Waals surface area (Å²) in [7, 11) is 3.93. The molecule has 0 bridgehead atoms. The number of amides is 1. The first-order valence-electron chi connectivity index (χ1n) is 10.9. The Morgan fingerprint density at radius 3 is 2.80 bits per heavy atom. The molecule has 0 radical (unpaired) electrons. The molecule has 2 heterocycles. The number of fused-ring (bicyclic) bond motifs is 1. The van der Waals surface area contributed by atoms with Crippen LogP contribution in [0.1, 0.15) is 0 Å². The first-order valence-corrected chi connectivity index (χ1v) is 11.3. The number of benzene rings is 2. The van der Waals surface area contributed by atoms with Crippen LogP contribution in [0.25, 0.3) is 22.0 Å². The number of pyridine rings is 1. The minimum Gasteiger partial charge on any atom is -0.490 e. The minimum absolute atomic E-state index is 0.332. The van der Waals surface area contributed by atoms with Crippen molar-refractivity contribution in [2.24, 2.45) is 0 Å². The topological polar surface area (TPSA) is 92.3 Å². The monoisotopic (exact) mass is 488 g/mol. The van der Waals surface area contributed by atoms with Gasteiger partial charge in [-0.1, -0.05) is 36.4 Å². The third-order valence-electron chi connectivity index (χ3n) is 5.10. The SMILES string of the molecule is C=CC(=O)Nc1cc(Nc2ncc3cccc(-c4cncc(Cl)c4)c3n2)ccc1OCCN(C)C. The number of para-hydroxylation sites is 1. The molecule has 0 fully saturated rings. The molecule has 0 aliphatic rings. The van der Waals surface area contributed by atoms with Crippen molar-refractivity contribution in [3.05, 3.63) is 78.7 Å². The fraction of sp³-hybridized carbons (Fsp3) is 0.154. The van der Waals surface area contributed by atoms with Crippen LogP contribution in [0.5, 0.6) is 5.75 Å². The molecule has 0 spiro atoms. The van der Waals surface area contributed by atoms with Crippen LogP contribution in [0, 0.1) is 0 Å². The Morgan fingerprint density at radius 2 is 2.03 bits per heavy atom. The van der Waals surface area contributed by atoms with E-state index < -0.39 is 0 Å². The van der Waals surface area contributed by atoms with Crippen LogP contribution in [-0.2, 0) is 4.79 Å². The molecule has 178 valence electrons. The van der Waals surface area contributed by atoms with Crippen LogP contribution >= 0.6 is 11.6 Å². The van der Waals surface area contributed by atoms with Gasteiger partial charge in [0.1, 0.15) is 12.4 Å². The van der Waals surface area contributed by atoms with Crippen molar-refractivity contribution in [3.63, 3.8) is 0 Å². The van der Waals surface area contributed by atoms with Gasteiger partial charge in [-0.05, 0) is 44.4 Å². The number of nitrogens with zero attached hydrogens (tertiary/aromatic N) is 4. The molecule has 0 saturated heterocycles. The number of hydrogen-bond donors (Lipinski definition) is 2. The third kappa shape index (κ3) is 6.11. The van der Waals surface area contributed by atoms with Gasteiger partial charge < -0.3 is 20.3 Å². The highest BCUT2D eigenvalue weighted by molar-refractivity contribution is 6.30. The number of rotatable bonds is 9. The predicted molar refractivity (Wildman–Crippen MR) is 140 cm³/mol. The maximum Gasteiger partial charge on any atom is 0.247 e. The number of nitrogens with one attached hydrogen (secondary N) is 2. The lowest BCUT2D eigenvalue weighted by Crippen LogP contribution is -2.20. The van der Waals surface area contributed by atoms with Crippen molar-refractivity contribution in [1.29, 1.82) is 0 Å². The lowest BCUT2D eigenvalue weighted by Gasteiger charge is -2.16. The van der Waals surface area contributed by atoms with Crippen molar-refractivity contribution in [2.75, 3.05) is 37.9 Å². The van der Waals surface area contributed by atoms with Crippen LogP contribution in [-0.4, -0.2) is 53.0 Å². The summed E-state index contributed by atoms with van der Waals surface area (Å²) >= 11 is 6.15. The van der Waals surface area contributed by atoms with Crippen LogP contribution in [0.15, 0.2) is 73.7 Å². The first kappa shape index (κ1) is 24.1. The zero-order chi connectivity index (χ0) is 24.8. The van der Waals surface area contributed by atoms with E-state index in [-0.39, 0.29) is 5.91 Å². The molecule has 0 saturated carbocycles. The molecule has 2 aromatic heterocycles. The number of hydrogen-bond acceptors (Lipinski definition) is 7. The molecular weight excluding hydrogens is 464 g/mol. The van der Waals surface area contributed by atoms with E-state index in [0.717, 1.165) is 28.6 Å². The predicted octanol–water partition coefficient (Wildman–Crippen LogP) is 5.15. The highest BCUT2D eigenvalue weighted by atomic mass is 35.5. The Balaban J connectivity index is 1.64. The molecule has 8 nitrogen and oxygen atoms in total. The minimum atomic E-state index is -0.332. The maximum absolute atomic E-state index is 12.0. The maximum atomic E-state index is 12.0. The zero-order valence-corrected chi connectivity index (χ0v) is 20.2. The van der Waals surface area contributed by atoms with Crippen molar-refractivity contribution >= 4 is 45.7 Å². The van der Waals surface area contributed by atoms with Gasteiger partial charge in [-0.15, -0.1) is 0 Å². The first-order chi connectivity index (χ1) is 16.9. The van der Waals surface area contributed by atoms with E-state index in [1.165, 1.54) is 6.08 Å². The number of ether oxygens (including phenoxy) is 1. The molecule has 35 heavy (non-hydrogen) atoms. The number of carbonyl (C=O) groups excluding carboxylic acids is 1. The Labute approximate surface area is 208 Å². The van der Waals surface area contributed by atoms with Crippen molar-refractivity contribution in [1.82, 2.24) is 19.9 Å². The molecule has 2 N–H and O–H groups in total. The second-order valence-corrected chi connectivity index (χ2v) is 8.45. The summed E-state index contributed by atoms with van der Waals surface area (Å²) in [4.78, 5) is 27.4. The summed E-state index contributed by atoms with van der Waals surface area (Å²) < 4.78 is 5.86. The van der Waals surface area contributed by atoms with Crippen LogP contribution in [0.4, 0.5) is 17.3 Å². The van der Waals surface area contributed by atoms with Gasteiger partial charge in [0.05, 0.1) is 16.2 Å². The largest absolute Gasteiger partial charge is 0.490 e. The van der Waals surface area contributed by atoms with E-state index in [9.17, 15) is 4.79 Å². The average Bonchev–Trinajstić information content (AvgIpc) is 2.84. The van der Waals surface area contributed by atoms with E-state index in [1.807, 2.05) is 49.3 Å². The van der Waals surface area contributed by atoms with Gasteiger partial charge in [0.25, 0.3) is 0 Å². The highest BCUT2D eigenvalue weighted by Gasteiger charge is 2.11. The van der Waals surface area contributed by atoms with Crippen LogP contribution in [0.2, 0.25) is 5.02 Å². The molecule has 0 aliphatic heterocycles. The van der Waals surface area contributed by atoms with Crippen LogP contribution in [0.3, 0.4) is 0 Å². The Morgan fingerprint density at radius 1 is 1.17 bits per heavy atom. The molecule has 2 aromatic carbocycles. The Kier molecular flexibility index (Phi) is 7.54. The Bertz CT molecular complexity index is 1380. The fourth-order valence-corrected chi connectivity index (χ4v) is 3.56. The average molecular weight is 489 g/mol. The standard InChI is InChI=1S/C26H25ClN6O2/c1-4-24(34)31-22-13-20(8-9-23(22)35-11-10-33(2)3)30-26-29-15-17-6-5-7-21(25(17)32-26)18-12-19(27)16-28-14-18/h4-9,12-16H,1,10-11H2,2-3H3,(H,31,34)(H,29,30,32). The third-order valence-corrected chi connectivity index (χ3v) is 5.31. The number of halogens is 1. The second kappa shape index (κ2) is 10.9. The zero-order valence-electron chi connectivity index (χ0n) is 19.5. The van der Waals surface area contributed by atoms with Crippen molar-refractivity contribution < 1.29 is 9.53 Å². The van der Waals surface area contributed by atoms with E-state index in [4.69, 9.17) is 21.3 Å². The smallest absolute Gasteiger partial charge is 0.247 e. The lowest BCUT2D eigenvalue weighted by molar-refractivity contribution is -0.111. The number of anilines is 3. The lowest BCUT2D eigenvalue weighted by atomic mass is 10.0. The molecule has 4 rings (SSSR count). The fourth-order valence-electron chi connectivity index (χ4n) is 3.39. The summed E-state index contributed by atoms with van der Waals surface area (Å²) in [6.45, 7) is 4.74. The second-order valence-electron chi connectivity index (χ2n) is 8.01. The van der Waals surface area contributed by atoms with Gasteiger partial charge in [0, 0.05) is 47.3 Å². The number of aromatic nitrogens is 3. The Hall–Kier alpha value is -4.01. The highest BCUT2D eigenvalue weighted by Crippen LogP contribution is 2.31. The van der Waals surface area contributed by atoms with Gasteiger partial charge >= 0.3 is 0 Å². The molecule has 9 heteroatoms. The van der Waals surface area contributed by atoms with Gasteiger partial charge in [0.2, 0.25) is 11.9 Å². The van der Waals surface area contributed by atoms with Gasteiger partial charge in [0.15, 0.2) is 0 Å². The van der Waals surface area contributed by atoms with Crippen molar-refractivity contribution in [2.45, 2.75) is 0 Å². The van der Waals surface area contributed by atoms with Gasteiger partial charge in [-0.2, -0.15) is 0 Å². The molecular formula is C26H25ClN6O2. The molecule has 0 atom stereocenters. The molecule has 1 amide bonds. The summed E-state index contributed by atoms with van der Waals surface area (Å²) in [6, 6.07) is 13.1. The summed E-state index contributed by atoms with van der Waals surface area (Å²) in [5, 5.41) is 7.44. The number of carbonyl (C=O) groups is 1. The molecule has 0 unspecified atom stereocenters. The number of likely N-dealkylation sites (N-methyl/N-ethyl adjacent to an activating group) is 1. The summed E-state index contributed by atoms with van der Waals surface area (Å²) in [6.07, 6.45) is 6.31. The van der Waals surface area contributed by atoms with Gasteiger partial charge in [-0.3, -0.25) is 9.78 Å². The van der Waals surface area contributed by atoms with Gasteiger partial charge in [-0.25, -0.2) is 9.97 Å². The summed E-state index contributed by atoms with van der Waals surface area (Å²) in [5.41, 5.74) is 3.72.